The summed E-state index contributed by atoms with van der Waals surface area (Å²) in [6, 6.07) is 26.5. The van der Waals surface area contributed by atoms with E-state index in [1.165, 1.54) is 6.92 Å². The van der Waals surface area contributed by atoms with Crippen LogP contribution in [0.3, 0.4) is 0 Å². The number of nitrogens with zero attached hydrogens (tertiary/aromatic N) is 3. The summed E-state index contributed by atoms with van der Waals surface area (Å²) in [4.78, 5) is 24.8. The number of esters is 1. The molecule has 3 aromatic carbocycles. The molecule has 37 heavy (non-hydrogen) atoms. The summed E-state index contributed by atoms with van der Waals surface area (Å²) in [6.45, 7) is 1.67. The van der Waals surface area contributed by atoms with Crippen molar-refractivity contribution in [3.8, 4) is 17.3 Å². The topological polar surface area (TPSA) is 106 Å². The molecule has 0 spiro atoms. The summed E-state index contributed by atoms with van der Waals surface area (Å²) < 4.78 is 13.2. The molecule has 0 radical (unpaired) electrons. The summed E-state index contributed by atoms with van der Waals surface area (Å²) in [5.41, 5.74) is 3.66. The van der Waals surface area contributed by atoms with Gasteiger partial charge in [0.05, 0.1) is 24.1 Å². The van der Waals surface area contributed by atoms with Crippen LogP contribution in [-0.4, -0.2) is 28.3 Å². The van der Waals surface area contributed by atoms with Gasteiger partial charge in [-0.3, -0.25) is 9.59 Å². The number of hydrogen-bond acceptors (Lipinski definition) is 6. The fraction of sp³-hybridized carbons (Fsp3) is 0.241. The minimum atomic E-state index is -1.07. The Kier molecular flexibility index (Phi) is 6.97. The third kappa shape index (κ3) is 5.22. The predicted molar refractivity (Wildman–Crippen MR) is 138 cm³/mol. The summed E-state index contributed by atoms with van der Waals surface area (Å²) in [5, 5.41) is 17.9. The number of ether oxygens (including phenoxy) is 2. The zero-order valence-corrected chi connectivity index (χ0v) is 20.3. The Balaban J connectivity index is 1.44. The molecule has 5 rings (SSSR count). The van der Waals surface area contributed by atoms with Crippen molar-refractivity contribution in [1.29, 1.82) is 5.26 Å². The second kappa shape index (κ2) is 10.6. The largest absolute Gasteiger partial charge is 0.447 e. The molecule has 1 N–H and O–H groups in total. The van der Waals surface area contributed by atoms with E-state index in [9.17, 15) is 14.9 Å². The first-order valence-electron chi connectivity index (χ1n) is 12.2. The maximum atomic E-state index is 13.1. The highest BCUT2D eigenvalue weighted by atomic mass is 16.5. The molecule has 1 amide bonds. The minimum absolute atomic E-state index is 0.0930. The van der Waals surface area contributed by atoms with Gasteiger partial charge in [-0.1, -0.05) is 60.7 Å². The Bertz CT molecular complexity index is 1470. The van der Waals surface area contributed by atoms with Gasteiger partial charge in [0, 0.05) is 29.1 Å². The number of carbonyl (C=O) groups excluding carboxylic acids is 2. The van der Waals surface area contributed by atoms with Crippen LogP contribution in [-0.2, 0) is 19.1 Å². The number of aromatic nitrogens is 2. The van der Waals surface area contributed by atoms with E-state index in [0.717, 1.165) is 28.6 Å². The Morgan fingerprint density at radius 3 is 2.59 bits per heavy atom. The Hall–Kier alpha value is -4.48. The molecule has 1 aliphatic heterocycles. The lowest BCUT2D eigenvalue weighted by Crippen LogP contribution is -2.25. The van der Waals surface area contributed by atoms with Crippen molar-refractivity contribution in [3.63, 3.8) is 0 Å². The highest BCUT2D eigenvalue weighted by molar-refractivity contribution is 5.98. The molecule has 4 aromatic rings. The molecular weight excluding hydrogens is 468 g/mol. The van der Waals surface area contributed by atoms with Crippen molar-refractivity contribution >= 4 is 28.5 Å². The van der Waals surface area contributed by atoms with Crippen LogP contribution in [0.15, 0.2) is 78.9 Å². The van der Waals surface area contributed by atoms with Crippen molar-refractivity contribution < 1.29 is 19.1 Å². The van der Waals surface area contributed by atoms with Gasteiger partial charge in [0.2, 0.25) is 6.10 Å². The summed E-state index contributed by atoms with van der Waals surface area (Å²) >= 11 is 0. The third-order valence-corrected chi connectivity index (χ3v) is 6.35. The Morgan fingerprint density at radius 1 is 1.08 bits per heavy atom. The number of fused-ring (bicyclic) bond motifs is 1. The van der Waals surface area contributed by atoms with Crippen molar-refractivity contribution in [2.45, 2.75) is 32.1 Å². The first kappa shape index (κ1) is 24.2. The SMILES string of the molecule is CC(=O)O[C@@H](C(=O)Nc1cccc(-c2nn(C3CCC(C#N)CO3)c3ccccc23)c1)c1ccccc1. The van der Waals surface area contributed by atoms with Crippen molar-refractivity contribution in [2.24, 2.45) is 5.92 Å². The van der Waals surface area contributed by atoms with Crippen molar-refractivity contribution in [1.82, 2.24) is 9.78 Å². The van der Waals surface area contributed by atoms with E-state index < -0.39 is 18.0 Å². The maximum Gasteiger partial charge on any atom is 0.303 e. The summed E-state index contributed by atoms with van der Waals surface area (Å²) in [6.07, 6.45) is 0.151. The van der Waals surface area contributed by atoms with Gasteiger partial charge < -0.3 is 14.8 Å². The average molecular weight is 495 g/mol. The van der Waals surface area contributed by atoms with Gasteiger partial charge in [-0.15, -0.1) is 0 Å². The van der Waals surface area contributed by atoms with Gasteiger partial charge in [-0.25, -0.2) is 4.68 Å². The van der Waals surface area contributed by atoms with E-state index in [4.69, 9.17) is 14.6 Å². The molecular formula is C29H26N4O4. The third-order valence-electron chi connectivity index (χ3n) is 6.35. The first-order valence-corrected chi connectivity index (χ1v) is 12.2. The lowest BCUT2D eigenvalue weighted by atomic mass is 10.0. The average Bonchev–Trinajstić information content (AvgIpc) is 3.32. The van der Waals surface area contributed by atoms with Gasteiger partial charge in [-0.2, -0.15) is 10.4 Å². The van der Waals surface area contributed by atoms with Gasteiger partial charge in [-0.05, 0) is 31.0 Å². The van der Waals surface area contributed by atoms with E-state index >= 15 is 0 Å². The van der Waals surface area contributed by atoms with E-state index in [1.54, 1.807) is 30.3 Å². The number of rotatable bonds is 6. The Labute approximate surface area is 214 Å². The lowest BCUT2D eigenvalue weighted by Gasteiger charge is -2.26. The molecule has 2 unspecified atom stereocenters. The van der Waals surface area contributed by atoms with Crippen molar-refractivity contribution in [3.05, 3.63) is 84.4 Å². The molecule has 0 aliphatic carbocycles. The molecule has 1 fully saturated rings. The molecule has 2 heterocycles. The quantitative estimate of drug-likeness (QED) is 0.360. The number of anilines is 1. The number of carbonyl (C=O) groups is 2. The number of nitriles is 1. The smallest absolute Gasteiger partial charge is 0.303 e. The molecule has 0 bridgehead atoms. The number of para-hydroxylation sites is 1. The van der Waals surface area contributed by atoms with Crippen LogP contribution in [0.2, 0.25) is 0 Å². The zero-order chi connectivity index (χ0) is 25.8. The second-order valence-electron chi connectivity index (χ2n) is 8.97. The van der Waals surface area contributed by atoms with E-state index in [2.05, 4.69) is 11.4 Å². The molecule has 1 saturated heterocycles. The molecule has 3 atom stereocenters. The first-order chi connectivity index (χ1) is 18.0. The molecule has 0 saturated carbocycles. The number of benzene rings is 3. The van der Waals surface area contributed by atoms with Crippen LogP contribution in [0, 0.1) is 17.2 Å². The fourth-order valence-corrected chi connectivity index (χ4v) is 4.57. The van der Waals surface area contributed by atoms with Crippen LogP contribution in [0.5, 0.6) is 0 Å². The molecule has 186 valence electrons. The molecule has 8 nitrogen and oxygen atoms in total. The van der Waals surface area contributed by atoms with Gasteiger partial charge >= 0.3 is 5.97 Å². The van der Waals surface area contributed by atoms with Crippen molar-refractivity contribution in [2.75, 3.05) is 11.9 Å². The molecule has 8 heteroatoms. The van der Waals surface area contributed by atoms with E-state index in [0.29, 0.717) is 24.3 Å². The highest BCUT2D eigenvalue weighted by Crippen LogP contribution is 2.34. The van der Waals surface area contributed by atoms with Gasteiger partial charge in [0.1, 0.15) is 5.69 Å². The Morgan fingerprint density at radius 2 is 1.86 bits per heavy atom. The minimum Gasteiger partial charge on any atom is -0.447 e. The van der Waals surface area contributed by atoms with Gasteiger partial charge in [0.15, 0.2) is 6.23 Å². The predicted octanol–water partition coefficient (Wildman–Crippen LogP) is 5.39. The van der Waals surface area contributed by atoms with Crippen LogP contribution in [0.1, 0.15) is 37.7 Å². The number of hydrogen-bond donors (Lipinski definition) is 1. The molecule has 1 aliphatic rings. The molecule has 1 aromatic heterocycles. The van der Waals surface area contributed by atoms with E-state index in [1.807, 2.05) is 53.2 Å². The fourth-order valence-electron chi connectivity index (χ4n) is 4.57. The lowest BCUT2D eigenvalue weighted by molar-refractivity contribution is -0.152. The number of amides is 1. The number of nitrogens with one attached hydrogen (secondary N) is 1. The standard InChI is InChI=1S/C29H26N4O4/c1-19(34)37-28(21-8-3-2-4-9-21)29(35)31-23-11-7-10-22(16-23)27-24-12-5-6-13-25(24)33(32-27)26-15-14-20(17-30)18-36-26/h2-13,16,20,26,28H,14-15,18H2,1H3,(H,31,35)/t20?,26?,28-/m1/s1. The highest BCUT2D eigenvalue weighted by Gasteiger charge is 2.27. The van der Waals surface area contributed by atoms with Gasteiger partial charge in [0.25, 0.3) is 5.91 Å². The van der Waals surface area contributed by atoms with Crippen LogP contribution in [0.25, 0.3) is 22.2 Å². The zero-order valence-electron chi connectivity index (χ0n) is 20.3. The van der Waals surface area contributed by atoms with Crippen LogP contribution in [0.4, 0.5) is 5.69 Å². The normalized spacial score (nSPS) is 18.1. The van der Waals surface area contributed by atoms with E-state index in [-0.39, 0.29) is 12.1 Å². The monoisotopic (exact) mass is 494 g/mol. The van der Waals surface area contributed by atoms with Crippen LogP contribution >= 0.6 is 0 Å². The summed E-state index contributed by atoms with van der Waals surface area (Å²) in [7, 11) is 0. The second-order valence-corrected chi connectivity index (χ2v) is 8.97. The van der Waals surface area contributed by atoms with Crippen LogP contribution < -0.4 is 5.32 Å². The maximum absolute atomic E-state index is 13.1. The summed E-state index contributed by atoms with van der Waals surface area (Å²) in [5.74, 6) is -1.08.